The van der Waals surface area contributed by atoms with Gasteiger partial charge >= 0.3 is 0 Å². The summed E-state index contributed by atoms with van der Waals surface area (Å²) >= 11 is 0. The van der Waals surface area contributed by atoms with Crippen molar-refractivity contribution in [1.29, 1.82) is 0 Å². The van der Waals surface area contributed by atoms with E-state index in [9.17, 15) is 0 Å². The van der Waals surface area contributed by atoms with Crippen LogP contribution in [-0.2, 0) is 0 Å². The number of benzene rings is 1. The van der Waals surface area contributed by atoms with Crippen LogP contribution in [-0.4, -0.2) is 37.7 Å². The second-order valence-corrected chi connectivity index (χ2v) is 6.59. The summed E-state index contributed by atoms with van der Waals surface area (Å²) < 4.78 is 5.26. The van der Waals surface area contributed by atoms with Gasteiger partial charge in [-0.15, -0.1) is 0 Å². The van der Waals surface area contributed by atoms with Crippen LogP contribution >= 0.6 is 0 Å². The van der Waals surface area contributed by atoms with Crippen molar-refractivity contribution in [1.82, 2.24) is 10.2 Å². The van der Waals surface area contributed by atoms with Gasteiger partial charge < -0.3 is 10.1 Å². The van der Waals surface area contributed by atoms with Gasteiger partial charge in [0.25, 0.3) is 0 Å². The molecule has 1 aliphatic rings. The molecule has 1 heterocycles. The third kappa shape index (κ3) is 4.72. The van der Waals surface area contributed by atoms with Crippen molar-refractivity contribution >= 4 is 0 Å². The molecule has 0 aliphatic carbocycles. The molecule has 118 valence electrons. The smallest absolute Gasteiger partial charge is 0.118 e. The normalized spacial score (nSPS) is 20.2. The number of ether oxygens (including phenoxy) is 1. The number of methoxy groups -OCH3 is 1. The monoisotopic (exact) mass is 290 g/mol. The first-order valence-electron chi connectivity index (χ1n) is 8.21. The SMILES string of the molecule is COc1ccc(C(C)N(CC(C)C)CC2CCCN2)cc1. The molecular weight excluding hydrogens is 260 g/mol. The van der Waals surface area contributed by atoms with Crippen molar-refractivity contribution in [2.45, 2.75) is 45.7 Å². The van der Waals surface area contributed by atoms with Crippen molar-refractivity contribution in [3.05, 3.63) is 29.8 Å². The van der Waals surface area contributed by atoms with E-state index in [0.717, 1.165) is 18.8 Å². The lowest BCUT2D eigenvalue weighted by Crippen LogP contribution is -2.40. The van der Waals surface area contributed by atoms with Gasteiger partial charge in [0.2, 0.25) is 0 Å². The van der Waals surface area contributed by atoms with Crippen LogP contribution in [0.4, 0.5) is 0 Å². The number of hydrogen-bond acceptors (Lipinski definition) is 3. The Kier molecular flexibility index (Phi) is 6.07. The van der Waals surface area contributed by atoms with E-state index in [0.29, 0.717) is 18.0 Å². The second kappa shape index (κ2) is 7.81. The number of rotatable bonds is 7. The van der Waals surface area contributed by atoms with Crippen molar-refractivity contribution < 1.29 is 4.74 Å². The molecule has 1 aromatic rings. The molecule has 0 amide bonds. The summed E-state index contributed by atoms with van der Waals surface area (Å²) in [4.78, 5) is 2.62. The number of nitrogens with one attached hydrogen (secondary N) is 1. The van der Waals surface area contributed by atoms with Gasteiger partial charge in [-0.2, -0.15) is 0 Å². The minimum Gasteiger partial charge on any atom is -0.497 e. The first-order valence-corrected chi connectivity index (χ1v) is 8.21. The molecule has 2 unspecified atom stereocenters. The van der Waals surface area contributed by atoms with Gasteiger partial charge in [-0.1, -0.05) is 26.0 Å². The van der Waals surface area contributed by atoms with Gasteiger partial charge in [0.1, 0.15) is 5.75 Å². The Hall–Kier alpha value is -1.06. The van der Waals surface area contributed by atoms with E-state index in [-0.39, 0.29) is 0 Å². The van der Waals surface area contributed by atoms with E-state index in [1.54, 1.807) is 7.11 Å². The predicted molar refractivity (Wildman–Crippen MR) is 88.8 cm³/mol. The fourth-order valence-electron chi connectivity index (χ4n) is 3.15. The Bertz CT molecular complexity index is 410. The van der Waals surface area contributed by atoms with Crippen LogP contribution in [0.5, 0.6) is 5.75 Å². The van der Waals surface area contributed by atoms with Crippen molar-refractivity contribution in [3.8, 4) is 5.75 Å². The topological polar surface area (TPSA) is 24.5 Å². The number of nitrogens with zero attached hydrogens (tertiary/aromatic N) is 1. The summed E-state index contributed by atoms with van der Waals surface area (Å²) in [7, 11) is 1.72. The van der Waals surface area contributed by atoms with Gasteiger partial charge in [0.15, 0.2) is 0 Å². The molecule has 0 spiro atoms. The molecule has 1 aliphatic heterocycles. The maximum atomic E-state index is 5.26. The Morgan fingerprint density at radius 2 is 1.95 bits per heavy atom. The summed E-state index contributed by atoms with van der Waals surface area (Å²) in [5.41, 5.74) is 1.37. The molecule has 2 atom stereocenters. The van der Waals surface area contributed by atoms with Gasteiger partial charge in [0.05, 0.1) is 7.11 Å². The standard InChI is InChI=1S/C18H30N2O/c1-14(2)12-20(13-17-6-5-11-19-17)15(3)16-7-9-18(21-4)10-8-16/h7-10,14-15,17,19H,5-6,11-13H2,1-4H3. The van der Waals surface area contributed by atoms with Gasteiger partial charge in [0, 0.05) is 25.2 Å². The number of hydrogen-bond donors (Lipinski definition) is 1. The zero-order valence-corrected chi connectivity index (χ0v) is 13.9. The van der Waals surface area contributed by atoms with Crippen LogP contribution in [0.15, 0.2) is 24.3 Å². The molecule has 3 heteroatoms. The molecule has 1 aromatic carbocycles. The van der Waals surface area contributed by atoms with Crippen LogP contribution in [0.3, 0.4) is 0 Å². The first-order chi connectivity index (χ1) is 10.1. The molecule has 1 fully saturated rings. The summed E-state index contributed by atoms with van der Waals surface area (Å²) in [6.45, 7) is 10.4. The lowest BCUT2D eigenvalue weighted by atomic mass is 10.0. The first kappa shape index (κ1) is 16.3. The van der Waals surface area contributed by atoms with Crippen LogP contribution in [0.25, 0.3) is 0 Å². The average molecular weight is 290 g/mol. The van der Waals surface area contributed by atoms with E-state index in [1.807, 2.05) is 0 Å². The summed E-state index contributed by atoms with van der Waals surface area (Å²) in [6, 6.07) is 9.61. The van der Waals surface area contributed by atoms with E-state index < -0.39 is 0 Å². The molecule has 21 heavy (non-hydrogen) atoms. The van der Waals surface area contributed by atoms with Crippen LogP contribution in [0.1, 0.15) is 45.2 Å². The molecule has 3 nitrogen and oxygen atoms in total. The van der Waals surface area contributed by atoms with Crippen LogP contribution in [0, 0.1) is 5.92 Å². The average Bonchev–Trinajstić information content (AvgIpc) is 2.98. The van der Waals surface area contributed by atoms with Crippen LogP contribution < -0.4 is 10.1 Å². The maximum Gasteiger partial charge on any atom is 0.118 e. The summed E-state index contributed by atoms with van der Waals surface area (Å²) in [5.74, 6) is 1.62. The molecule has 0 saturated carbocycles. The van der Waals surface area contributed by atoms with E-state index in [2.05, 4.69) is 55.3 Å². The van der Waals surface area contributed by atoms with Gasteiger partial charge in [-0.3, -0.25) is 4.90 Å². The van der Waals surface area contributed by atoms with Gasteiger partial charge in [-0.25, -0.2) is 0 Å². The Labute approximate surface area is 129 Å². The second-order valence-electron chi connectivity index (χ2n) is 6.59. The van der Waals surface area contributed by atoms with Gasteiger partial charge in [-0.05, 0) is 49.9 Å². The largest absolute Gasteiger partial charge is 0.497 e. The van der Waals surface area contributed by atoms with Crippen molar-refractivity contribution in [2.75, 3.05) is 26.7 Å². The predicted octanol–water partition coefficient (Wildman–Crippen LogP) is 3.47. The molecular formula is C18H30N2O. The van der Waals surface area contributed by atoms with E-state index in [4.69, 9.17) is 4.74 Å². The fourth-order valence-corrected chi connectivity index (χ4v) is 3.15. The Morgan fingerprint density at radius 3 is 2.48 bits per heavy atom. The molecule has 0 aromatic heterocycles. The zero-order chi connectivity index (χ0) is 15.2. The van der Waals surface area contributed by atoms with Crippen molar-refractivity contribution in [2.24, 2.45) is 5.92 Å². The lowest BCUT2D eigenvalue weighted by Gasteiger charge is -2.33. The molecule has 0 bridgehead atoms. The third-order valence-corrected chi connectivity index (χ3v) is 4.36. The lowest BCUT2D eigenvalue weighted by molar-refractivity contribution is 0.171. The Balaban J connectivity index is 2.05. The highest BCUT2D eigenvalue weighted by Crippen LogP contribution is 2.24. The highest BCUT2D eigenvalue weighted by Gasteiger charge is 2.22. The highest BCUT2D eigenvalue weighted by molar-refractivity contribution is 5.28. The molecule has 0 radical (unpaired) electrons. The Morgan fingerprint density at radius 1 is 1.24 bits per heavy atom. The summed E-state index contributed by atoms with van der Waals surface area (Å²) in [6.07, 6.45) is 2.63. The molecule has 2 rings (SSSR count). The van der Waals surface area contributed by atoms with E-state index >= 15 is 0 Å². The maximum absolute atomic E-state index is 5.26. The van der Waals surface area contributed by atoms with Crippen molar-refractivity contribution in [3.63, 3.8) is 0 Å². The zero-order valence-electron chi connectivity index (χ0n) is 13.9. The fraction of sp³-hybridized carbons (Fsp3) is 0.667. The van der Waals surface area contributed by atoms with E-state index in [1.165, 1.54) is 24.9 Å². The highest BCUT2D eigenvalue weighted by atomic mass is 16.5. The summed E-state index contributed by atoms with van der Waals surface area (Å²) in [5, 5.41) is 3.62. The third-order valence-electron chi connectivity index (χ3n) is 4.36. The van der Waals surface area contributed by atoms with Crippen LogP contribution in [0.2, 0.25) is 0 Å². The molecule has 1 N–H and O–H groups in total. The minimum atomic E-state index is 0.445. The quantitative estimate of drug-likeness (QED) is 0.832. The molecule has 1 saturated heterocycles. The minimum absolute atomic E-state index is 0.445.